The summed E-state index contributed by atoms with van der Waals surface area (Å²) in [4.78, 5) is 0. The van der Waals surface area contributed by atoms with Gasteiger partial charge in [-0.2, -0.15) is 0 Å². The Labute approximate surface area is 115 Å². The molecule has 1 heteroatoms. The molecule has 0 saturated heterocycles. The van der Waals surface area contributed by atoms with Crippen molar-refractivity contribution in [1.82, 2.24) is 5.32 Å². The van der Waals surface area contributed by atoms with E-state index in [1.54, 1.807) is 0 Å². The molecule has 0 heterocycles. The molecule has 1 fully saturated rings. The fourth-order valence-corrected chi connectivity index (χ4v) is 2.83. The topological polar surface area (TPSA) is 12.0 Å². The smallest absolute Gasteiger partial charge is 0.0208 e. The van der Waals surface area contributed by atoms with Crippen LogP contribution in [0.4, 0.5) is 0 Å². The average Bonchev–Trinajstić information content (AvgIpc) is 3.00. The van der Waals surface area contributed by atoms with Crippen molar-refractivity contribution in [3.8, 4) is 11.1 Å². The third kappa shape index (κ3) is 3.24. The quantitative estimate of drug-likeness (QED) is 0.858. The lowest BCUT2D eigenvalue weighted by Crippen LogP contribution is -2.25. The molecule has 1 aliphatic carbocycles. The molecule has 0 aromatic heterocycles. The van der Waals surface area contributed by atoms with E-state index in [1.165, 1.54) is 42.4 Å². The van der Waals surface area contributed by atoms with Gasteiger partial charge < -0.3 is 5.32 Å². The summed E-state index contributed by atoms with van der Waals surface area (Å²) in [5, 5.41) is 3.67. The van der Waals surface area contributed by atoms with Crippen LogP contribution < -0.4 is 5.32 Å². The van der Waals surface area contributed by atoms with Crippen LogP contribution in [0.2, 0.25) is 0 Å². The van der Waals surface area contributed by atoms with Crippen LogP contribution in [0.3, 0.4) is 0 Å². The van der Waals surface area contributed by atoms with Crippen LogP contribution in [-0.2, 0) is 6.54 Å². The Bertz CT molecular complexity index is 512. The van der Waals surface area contributed by atoms with Gasteiger partial charge in [-0.25, -0.2) is 0 Å². The minimum atomic E-state index is 0.731. The highest BCUT2D eigenvalue weighted by Crippen LogP contribution is 2.21. The summed E-state index contributed by atoms with van der Waals surface area (Å²) in [5.41, 5.74) is 3.93. The molecule has 1 N–H and O–H groups in total. The predicted octanol–water partition coefficient (Wildman–Crippen LogP) is 4.19. The third-order valence-electron chi connectivity index (χ3n) is 3.93. The van der Waals surface area contributed by atoms with Crippen molar-refractivity contribution in [2.75, 3.05) is 0 Å². The highest BCUT2D eigenvalue weighted by Gasteiger charge is 2.13. The zero-order valence-electron chi connectivity index (χ0n) is 11.2. The van der Waals surface area contributed by atoms with Gasteiger partial charge in [0.25, 0.3) is 0 Å². The van der Waals surface area contributed by atoms with E-state index in [4.69, 9.17) is 0 Å². The highest BCUT2D eigenvalue weighted by molar-refractivity contribution is 5.63. The standard InChI is InChI=1S/C18H20N/c1-2-8-16(9-3-1)17-10-6-7-15(13-17)14-19-18-11-4-5-12-18/h2-3,6-10,13,18-19H,4-5,11-12,14H2. The molecular weight excluding hydrogens is 230 g/mol. The lowest BCUT2D eigenvalue weighted by atomic mass is 10.0. The molecule has 1 aliphatic rings. The molecule has 3 rings (SSSR count). The third-order valence-corrected chi connectivity index (χ3v) is 3.93. The van der Waals surface area contributed by atoms with Crippen LogP contribution in [0.5, 0.6) is 0 Å². The molecular formula is C18H20N. The lowest BCUT2D eigenvalue weighted by Gasteiger charge is -2.12. The maximum absolute atomic E-state index is 3.67. The molecule has 1 radical (unpaired) electrons. The first-order valence-corrected chi connectivity index (χ1v) is 7.21. The Kier molecular flexibility index (Phi) is 3.95. The maximum Gasteiger partial charge on any atom is 0.0208 e. The van der Waals surface area contributed by atoms with E-state index in [1.807, 2.05) is 12.1 Å². The van der Waals surface area contributed by atoms with Gasteiger partial charge >= 0.3 is 0 Å². The summed E-state index contributed by atoms with van der Waals surface area (Å²) in [5.74, 6) is 0. The molecule has 2 aromatic carbocycles. The van der Waals surface area contributed by atoms with E-state index in [-0.39, 0.29) is 0 Å². The van der Waals surface area contributed by atoms with E-state index in [0.717, 1.165) is 12.6 Å². The molecule has 0 unspecified atom stereocenters. The van der Waals surface area contributed by atoms with Crippen LogP contribution in [0.1, 0.15) is 31.2 Å². The lowest BCUT2D eigenvalue weighted by molar-refractivity contribution is 0.524. The van der Waals surface area contributed by atoms with Crippen molar-refractivity contribution in [3.63, 3.8) is 0 Å². The molecule has 0 aliphatic heterocycles. The summed E-state index contributed by atoms with van der Waals surface area (Å²) in [7, 11) is 0. The molecule has 0 atom stereocenters. The highest BCUT2D eigenvalue weighted by atomic mass is 14.9. The van der Waals surface area contributed by atoms with Gasteiger partial charge in [0.1, 0.15) is 0 Å². The molecule has 19 heavy (non-hydrogen) atoms. The maximum atomic E-state index is 3.67. The summed E-state index contributed by atoms with van der Waals surface area (Å²) < 4.78 is 0. The van der Waals surface area contributed by atoms with Crippen molar-refractivity contribution in [2.24, 2.45) is 0 Å². The van der Waals surface area contributed by atoms with E-state index < -0.39 is 0 Å². The van der Waals surface area contributed by atoms with E-state index >= 15 is 0 Å². The van der Waals surface area contributed by atoms with Crippen LogP contribution in [0, 0.1) is 6.07 Å². The van der Waals surface area contributed by atoms with Crippen molar-refractivity contribution >= 4 is 0 Å². The summed E-state index contributed by atoms with van der Waals surface area (Å²) in [6.07, 6.45) is 5.46. The first-order chi connectivity index (χ1) is 9.42. The van der Waals surface area contributed by atoms with Gasteiger partial charge in [0, 0.05) is 12.6 Å². The number of hydrogen-bond acceptors (Lipinski definition) is 1. The number of nitrogens with one attached hydrogen (secondary N) is 1. The van der Waals surface area contributed by atoms with Gasteiger partial charge in [0.2, 0.25) is 0 Å². The van der Waals surface area contributed by atoms with Crippen LogP contribution in [0.15, 0.2) is 48.5 Å². The first-order valence-electron chi connectivity index (χ1n) is 7.21. The van der Waals surface area contributed by atoms with Crippen molar-refractivity contribution in [3.05, 3.63) is 60.2 Å². The Hall–Kier alpha value is -1.60. The summed E-state index contributed by atoms with van der Waals surface area (Å²) in [6, 6.07) is 20.8. The Morgan fingerprint density at radius 1 is 1.00 bits per heavy atom. The zero-order chi connectivity index (χ0) is 12.9. The fourth-order valence-electron chi connectivity index (χ4n) is 2.83. The van der Waals surface area contributed by atoms with E-state index in [2.05, 4.69) is 47.8 Å². The van der Waals surface area contributed by atoms with Crippen LogP contribution in [-0.4, -0.2) is 6.04 Å². The summed E-state index contributed by atoms with van der Waals surface area (Å²) in [6.45, 7) is 0.984. The monoisotopic (exact) mass is 250 g/mol. The van der Waals surface area contributed by atoms with Gasteiger partial charge in [0.15, 0.2) is 0 Å². The molecule has 0 bridgehead atoms. The number of hydrogen-bond donors (Lipinski definition) is 1. The SMILES string of the molecule is [c]1ccc(-c2cccc(CNC3CCCC3)c2)cc1. The van der Waals surface area contributed by atoms with Crippen molar-refractivity contribution < 1.29 is 0 Å². The van der Waals surface area contributed by atoms with Gasteiger partial charge in [-0.05, 0) is 41.7 Å². The predicted molar refractivity (Wildman–Crippen MR) is 79.8 cm³/mol. The second-order valence-corrected chi connectivity index (χ2v) is 5.35. The number of benzene rings is 2. The Morgan fingerprint density at radius 2 is 1.79 bits per heavy atom. The average molecular weight is 250 g/mol. The first kappa shape index (κ1) is 12.4. The molecule has 0 amide bonds. The minimum absolute atomic E-state index is 0.731. The molecule has 97 valence electrons. The summed E-state index contributed by atoms with van der Waals surface area (Å²) >= 11 is 0. The largest absolute Gasteiger partial charge is 0.310 e. The van der Waals surface area contributed by atoms with Crippen LogP contribution in [0.25, 0.3) is 11.1 Å². The van der Waals surface area contributed by atoms with Crippen molar-refractivity contribution in [1.29, 1.82) is 0 Å². The second kappa shape index (κ2) is 6.03. The second-order valence-electron chi connectivity index (χ2n) is 5.35. The molecule has 1 nitrogen and oxygen atoms in total. The van der Waals surface area contributed by atoms with Gasteiger partial charge in [-0.3, -0.25) is 0 Å². The van der Waals surface area contributed by atoms with Gasteiger partial charge in [-0.1, -0.05) is 55.3 Å². The normalized spacial score (nSPS) is 15.8. The van der Waals surface area contributed by atoms with Crippen molar-refractivity contribution in [2.45, 2.75) is 38.3 Å². The zero-order valence-corrected chi connectivity index (χ0v) is 11.2. The minimum Gasteiger partial charge on any atom is -0.310 e. The fraction of sp³-hybridized carbons (Fsp3) is 0.333. The molecule has 2 aromatic rings. The van der Waals surface area contributed by atoms with E-state index in [9.17, 15) is 0 Å². The Morgan fingerprint density at radius 3 is 2.58 bits per heavy atom. The molecule has 1 saturated carbocycles. The van der Waals surface area contributed by atoms with E-state index in [0.29, 0.717) is 0 Å². The van der Waals surface area contributed by atoms with Gasteiger partial charge in [0.05, 0.1) is 0 Å². The van der Waals surface area contributed by atoms with Crippen LogP contribution >= 0.6 is 0 Å². The van der Waals surface area contributed by atoms with Gasteiger partial charge in [-0.15, -0.1) is 0 Å². The molecule has 0 spiro atoms. The number of rotatable bonds is 4. The Balaban J connectivity index is 1.69.